The van der Waals surface area contributed by atoms with Gasteiger partial charge in [0, 0.05) is 10.8 Å². The van der Waals surface area contributed by atoms with Crippen LogP contribution in [0.15, 0.2) is 35.2 Å². The molecule has 0 heterocycles. The molecule has 1 aromatic carbocycles. The fourth-order valence-corrected chi connectivity index (χ4v) is 2.41. The van der Waals surface area contributed by atoms with Gasteiger partial charge in [0.05, 0.1) is 5.75 Å². The highest BCUT2D eigenvalue weighted by atomic mass is 32.2. The van der Waals surface area contributed by atoms with Gasteiger partial charge >= 0.3 is 0 Å². The van der Waals surface area contributed by atoms with Crippen LogP contribution in [0.2, 0.25) is 0 Å². The number of hydrogen-bond donors (Lipinski definition) is 0. The predicted octanol–water partition coefficient (Wildman–Crippen LogP) is 3.15. The summed E-state index contributed by atoms with van der Waals surface area (Å²) in [7, 11) is 0. The minimum absolute atomic E-state index is 0.381. The van der Waals surface area contributed by atoms with E-state index in [0.717, 1.165) is 12.8 Å². The number of thioether (sulfide) groups is 1. The second-order valence-electron chi connectivity index (χ2n) is 3.70. The molecule has 0 radical (unpaired) electrons. The van der Waals surface area contributed by atoms with Crippen LogP contribution in [0.5, 0.6) is 0 Å². The lowest BCUT2D eigenvalue weighted by Crippen LogP contribution is -2.23. The summed E-state index contributed by atoms with van der Waals surface area (Å²) < 4.78 is 0. The summed E-state index contributed by atoms with van der Waals surface area (Å²) in [5.41, 5.74) is 0. The van der Waals surface area contributed by atoms with E-state index in [1.807, 2.05) is 18.2 Å². The first-order valence-electron chi connectivity index (χ1n) is 5.07. The van der Waals surface area contributed by atoms with Gasteiger partial charge in [-0.1, -0.05) is 24.6 Å². The van der Waals surface area contributed by atoms with Crippen molar-refractivity contribution >= 4 is 17.5 Å². The largest absolute Gasteiger partial charge is 0.298 e. The van der Waals surface area contributed by atoms with Crippen LogP contribution in [0.4, 0.5) is 0 Å². The normalized spacial score (nSPS) is 16.3. The molecule has 0 saturated heterocycles. The number of carbonyl (C=O) groups excluding carboxylic acids is 1. The van der Waals surface area contributed by atoms with E-state index in [9.17, 15) is 4.79 Å². The Labute approximate surface area is 88.9 Å². The molecule has 1 aliphatic carbocycles. The first kappa shape index (κ1) is 9.78. The Morgan fingerprint density at radius 1 is 1.29 bits per heavy atom. The van der Waals surface area contributed by atoms with Crippen LogP contribution in [0.3, 0.4) is 0 Å². The smallest absolute Gasteiger partial charge is 0.146 e. The fourth-order valence-electron chi connectivity index (χ4n) is 1.52. The predicted molar refractivity (Wildman–Crippen MR) is 59.5 cm³/mol. The maximum Gasteiger partial charge on any atom is 0.146 e. The van der Waals surface area contributed by atoms with Crippen LogP contribution in [0, 0.1) is 5.92 Å². The van der Waals surface area contributed by atoms with Crippen LogP contribution >= 0.6 is 11.8 Å². The van der Waals surface area contributed by atoms with E-state index in [1.165, 1.54) is 11.3 Å². The van der Waals surface area contributed by atoms with E-state index in [1.54, 1.807) is 11.8 Å². The lowest BCUT2D eigenvalue weighted by Gasteiger charge is -2.23. The summed E-state index contributed by atoms with van der Waals surface area (Å²) >= 11 is 1.66. The highest BCUT2D eigenvalue weighted by Crippen LogP contribution is 2.29. The van der Waals surface area contributed by atoms with E-state index >= 15 is 0 Å². The molecule has 0 N–H and O–H groups in total. The number of Topliss-reactive ketones (excluding diaryl/α,β-unsaturated/α-hetero) is 1. The van der Waals surface area contributed by atoms with Gasteiger partial charge in [-0.05, 0) is 25.0 Å². The minimum atomic E-state index is 0.381. The molecule has 0 unspecified atom stereocenters. The molecule has 0 aromatic heterocycles. The molecule has 0 amide bonds. The lowest BCUT2D eigenvalue weighted by atomic mass is 9.83. The SMILES string of the molecule is O=C(CSc1ccccc1)C1CCC1. The topological polar surface area (TPSA) is 17.1 Å². The maximum atomic E-state index is 11.6. The summed E-state index contributed by atoms with van der Waals surface area (Å²) in [5.74, 6) is 1.46. The van der Waals surface area contributed by atoms with E-state index in [2.05, 4.69) is 12.1 Å². The molecule has 1 saturated carbocycles. The molecule has 1 aromatic rings. The first-order valence-corrected chi connectivity index (χ1v) is 6.05. The van der Waals surface area contributed by atoms with Gasteiger partial charge in [0.2, 0.25) is 0 Å². The van der Waals surface area contributed by atoms with Gasteiger partial charge in [-0.2, -0.15) is 0 Å². The average molecular weight is 206 g/mol. The van der Waals surface area contributed by atoms with Crippen molar-refractivity contribution in [1.29, 1.82) is 0 Å². The second-order valence-corrected chi connectivity index (χ2v) is 4.74. The zero-order valence-electron chi connectivity index (χ0n) is 8.11. The second kappa shape index (κ2) is 4.65. The Kier molecular flexibility index (Phi) is 3.25. The van der Waals surface area contributed by atoms with Crippen LogP contribution in [-0.2, 0) is 4.79 Å². The van der Waals surface area contributed by atoms with Gasteiger partial charge < -0.3 is 0 Å². The minimum Gasteiger partial charge on any atom is -0.298 e. The Bertz CT molecular complexity index is 303. The standard InChI is InChI=1S/C12H14OS/c13-12(10-5-4-6-10)9-14-11-7-2-1-3-8-11/h1-3,7-8,10H,4-6,9H2. The third-order valence-electron chi connectivity index (χ3n) is 2.68. The number of rotatable bonds is 4. The van der Waals surface area contributed by atoms with Crippen LogP contribution in [-0.4, -0.2) is 11.5 Å². The molecule has 2 heteroatoms. The number of carbonyl (C=O) groups is 1. The van der Waals surface area contributed by atoms with Crippen molar-refractivity contribution in [1.82, 2.24) is 0 Å². The third-order valence-corrected chi connectivity index (χ3v) is 3.72. The third kappa shape index (κ3) is 2.38. The van der Waals surface area contributed by atoms with Crippen molar-refractivity contribution in [3.63, 3.8) is 0 Å². The van der Waals surface area contributed by atoms with Crippen molar-refractivity contribution in [3.8, 4) is 0 Å². The molecule has 1 nitrogen and oxygen atoms in total. The van der Waals surface area contributed by atoms with Crippen molar-refractivity contribution in [2.75, 3.05) is 5.75 Å². The molecular weight excluding hydrogens is 192 g/mol. The molecule has 0 atom stereocenters. The number of hydrogen-bond acceptors (Lipinski definition) is 2. The van der Waals surface area contributed by atoms with Gasteiger partial charge in [0.1, 0.15) is 5.78 Å². The van der Waals surface area contributed by atoms with Gasteiger partial charge in [-0.25, -0.2) is 0 Å². The lowest BCUT2D eigenvalue weighted by molar-refractivity contribution is -0.122. The summed E-state index contributed by atoms with van der Waals surface area (Å²) in [6.07, 6.45) is 3.48. The Balaban J connectivity index is 1.79. The van der Waals surface area contributed by atoms with E-state index in [-0.39, 0.29) is 0 Å². The average Bonchev–Trinajstić information content (AvgIpc) is 2.14. The highest BCUT2D eigenvalue weighted by Gasteiger charge is 2.24. The molecule has 1 fully saturated rings. The zero-order valence-corrected chi connectivity index (χ0v) is 8.93. The Morgan fingerprint density at radius 3 is 2.57 bits per heavy atom. The van der Waals surface area contributed by atoms with Crippen LogP contribution in [0.1, 0.15) is 19.3 Å². The van der Waals surface area contributed by atoms with Crippen molar-refractivity contribution in [3.05, 3.63) is 30.3 Å². The molecule has 74 valence electrons. The summed E-state index contributed by atoms with van der Waals surface area (Å²) in [5, 5.41) is 0. The molecular formula is C12H14OS. The maximum absolute atomic E-state index is 11.6. The molecule has 14 heavy (non-hydrogen) atoms. The quantitative estimate of drug-likeness (QED) is 0.704. The van der Waals surface area contributed by atoms with Crippen molar-refractivity contribution in [2.45, 2.75) is 24.2 Å². The Hall–Kier alpha value is -0.760. The van der Waals surface area contributed by atoms with Crippen molar-refractivity contribution < 1.29 is 4.79 Å². The first-order chi connectivity index (χ1) is 6.86. The number of ketones is 1. The monoisotopic (exact) mass is 206 g/mol. The van der Waals surface area contributed by atoms with E-state index in [0.29, 0.717) is 17.5 Å². The summed E-state index contributed by atoms with van der Waals surface area (Å²) in [6.45, 7) is 0. The number of benzene rings is 1. The fraction of sp³-hybridized carbons (Fsp3) is 0.417. The zero-order chi connectivity index (χ0) is 9.80. The highest BCUT2D eigenvalue weighted by molar-refractivity contribution is 8.00. The molecule has 0 bridgehead atoms. The molecule has 1 aliphatic rings. The van der Waals surface area contributed by atoms with Crippen LogP contribution in [0.25, 0.3) is 0 Å². The van der Waals surface area contributed by atoms with E-state index < -0.39 is 0 Å². The van der Waals surface area contributed by atoms with Gasteiger partial charge in [0.15, 0.2) is 0 Å². The van der Waals surface area contributed by atoms with Gasteiger partial charge in [-0.15, -0.1) is 11.8 Å². The van der Waals surface area contributed by atoms with E-state index in [4.69, 9.17) is 0 Å². The van der Waals surface area contributed by atoms with Crippen LogP contribution < -0.4 is 0 Å². The molecule has 2 rings (SSSR count). The summed E-state index contributed by atoms with van der Waals surface area (Å²) in [6, 6.07) is 10.1. The Morgan fingerprint density at radius 2 is 2.00 bits per heavy atom. The summed E-state index contributed by atoms with van der Waals surface area (Å²) in [4.78, 5) is 12.8. The van der Waals surface area contributed by atoms with Gasteiger partial charge in [-0.3, -0.25) is 4.79 Å². The molecule has 0 spiro atoms. The van der Waals surface area contributed by atoms with Crippen molar-refractivity contribution in [2.24, 2.45) is 5.92 Å². The molecule has 0 aliphatic heterocycles. The van der Waals surface area contributed by atoms with Gasteiger partial charge in [0.25, 0.3) is 0 Å².